The number of hydrogen-bond acceptors (Lipinski definition) is 10. The number of carbonyl (C=O) groups is 2. The van der Waals surface area contributed by atoms with E-state index >= 15 is 0 Å². The number of aliphatic hydroxyl groups excluding tert-OH is 4. The third kappa shape index (κ3) is 25.5. The number of esters is 2. The molecule has 0 spiro atoms. The maximum Gasteiger partial charge on any atom is 0.306 e. The van der Waals surface area contributed by atoms with Crippen LogP contribution in [0.2, 0.25) is 0 Å². The van der Waals surface area contributed by atoms with Crippen molar-refractivity contribution >= 4 is 11.9 Å². The minimum atomic E-state index is -1.61. The third-order valence-electron chi connectivity index (χ3n) is 8.41. The quantitative estimate of drug-likeness (QED) is 0.0253. The summed E-state index contributed by atoms with van der Waals surface area (Å²) in [6.45, 7) is 3.13. The lowest BCUT2D eigenvalue weighted by atomic mass is 9.99. The monoisotopic (exact) mass is 744 g/mol. The first-order valence-electron chi connectivity index (χ1n) is 19.7. The van der Waals surface area contributed by atoms with Crippen LogP contribution in [0.4, 0.5) is 0 Å². The Morgan fingerprint density at radius 1 is 0.623 bits per heavy atom. The van der Waals surface area contributed by atoms with Crippen molar-refractivity contribution in [1.82, 2.24) is 0 Å². The molecule has 0 aromatic carbocycles. The second-order valence-electron chi connectivity index (χ2n) is 13.1. The van der Waals surface area contributed by atoms with Gasteiger partial charge in [0.15, 0.2) is 12.4 Å². The van der Waals surface area contributed by atoms with Gasteiger partial charge in [0.2, 0.25) is 0 Å². The number of rotatable bonds is 30. The number of aliphatic hydroxyl groups is 4. The lowest BCUT2D eigenvalue weighted by molar-refractivity contribution is -0.305. The largest absolute Gasteiger partial charge is 0.462 e. The number of carbonyl (C=O) groups excluding carboxylic acids is 2. The zero-order valence-electron chi connectivity index (χ0n) is 32.2. The van der Waals surface area contributed by atoms with E-state index in [1.54, 1.807) is 0 Å². The molecule has 0 radical (unpaired) electrons. The van der Waals surface area contributed by atoms with Crippen molar-refractivity contribution in [2.75, 3.05) is 19.8 Å². The van der Waals surface area contributed by atoms with Gasteiger partial charge in [-0.25, -0.2) is 0 Å². The minimum absolute atomic E-state index is 0.109. The van der Waals surface area contributed by atoms with Gasteiger partial charge in [0, 0.05) is 12.8 Å². The Morgan fingerprint density at radius 3 is 1.91 bits per heavy atom. The summed E-state index contributed by atoms with van der Waals surface area (Å²) in [6.07, 6.45) is 34.6. The van der Waals surface area contributed by atoms with Crippen molar-refractivity contribution in [1.29, 1.82) is 0 Å². The summed E-state index contributed by atoms with van der Waals surface area (Å²) in [7, 11) is 0. The van der Waals surface area contributed by atoms with Gasteiger partial charge in [-0.15, -0.1) is 0 Å². The van der Waals surface area contributed by atoms with Crippen LogP contribution in [0.25, 0.3) is 0 Å². The van der Waals surface area contributed by atoms with Gasteiger partial charge < -0.3 is 39.4 Å². The van der Waals surface area contributed by atoms with Crippen LogP contribution in [0.1, 0.15) is 117 Å². The van der Waals surface area contributed by atoms with E-state index in [9.17, 15) is 30.0 Å². The maximum absolute atomic E-state index is 12.7. The fraction of sp³-hybridized carbons (Fsp3) is 0.628. The van der Waals surface area contributed by atoms with Crippen LogP contribution >= 0.6 is 0 Å². The van der Waals surface area contributed by atoms with Gasteiger partial charge in [0.1, 0.15) is 31.0 Å². The van der Waals surface area contributed by atoms with Gasteiger partial charge in [0.05, 0.1) is 13.2 Å². The van der Waals surface area contributed by atoms with E-state index in [1.165, 1.54) is 38.5 Å². The summed E-state index contributed by atoms with van der Waals surface area (Å²) in [4.78, 5) is 25.2. The Hall–Kier alpha value is -3.12. The van der Waals surface area contributed by atoms with Crippen molar-refractivity contribution in [3.05, 3.63) is 85.1 Å². The molecule has 1 aliphatic rings. The fourth-order valence-electron chi connectivity index (χ4n) is 5.26. The molecule has 1 rings (SSSR count). The molecule has 53 heavy (non-hydrogen) atoms. The highest BCUT2D eigenvalue weighted by molar-refractivity contribution is 5.70. The van der Waals surface area contributed by atoms with Crippen LogP contribution in [0.3, 0.4) is 0 Å². The maximum atomic E-state index is 12.7. The third-order valence-corrected chi connectivity index (χ3v) is 8.41. The number of unbranched alkanes of at least 4 members (excludes halogenated alkanes) is 9. The molecular weight excluding hydrogens is 676 g/mol. The summed E-state index contributed by atoms with van der Waals surface area (Å²) < 4.78 is 21.9. The number of ether oxygens (including phenoxy) is 4. The standard InChI is InChI=1S/C43H68O10/c1-3-5-7-9-11-13-15-17-18-20-21-23-25-27-29-31-38(45)50-34-36(35-51-43-42(49)41(48)40(47)37(33-44)53-43)52-39(46)32-30-28-26-24-22-19-16-14-12-10-8-6-4-2/h5,7,9,11,13,15,17-22,26,28,36-37,40-44,47-49H,3-4,6,8,10,12,14,16,23-25,27,29-35H2,1-2H3/b7-5+,11-9+,15-13+,18-17+,21-20+,22-19+,28-26+/t36?,37-,40+,41?,42?,43-/m0/s1. The van der Waals surface area contributed by atoms with Crippen molar-refractivity contribution < 1.29 is 49.0 Å². The van der Waals surface area contributed by atoms with E-state index in [2.05, 4.69) is 38.2 Å². The summed E-state index contributed by atoms with van der Waals surface area (Å²) in [5, 5.41) is 39.9. The predicted octanol–water partition coefficient (Wildman–Crippen LogP) is 7.43. The zero-order chi connectivity index (χ0) is 38.8. The molecule has 0 aromatic rings. The minimum Gasteiger partial charge on any atom is -0.462 e. The van der Waals surface area contributed by atoms with Crippen molar-refractivity contribution in [3.8, 4) is 0 Å². The second kappa shape index (κ2) is 33.4. The number of hydrogen-bond donors (Lipinski definition) is 4. The van der Waals surface area contributed by atoms with E-state index < -0.39 is 55.4 Å². The van der Waals surface area contributed by atoms with Crippen molar-refractivity contribution in [2.24, 2.45) is 0 Å². The van der Waals surface area contributed by atoms with Crippen LogP contribution in [-0.4, -0.2) is 89.0 Å². The average molecular weight is 745 g/mol. The molecule has 10 nitrogen and oxygen atoms in total. The van der Waals surface area contributed by atoms with Crippen molar-refractivity contribution in [3.63, 3.8) is 0 Å². The molecule has 1 fully saturated rings. The Labute approximate surface area is 318 Å². The first kappa shape index (κ1) is 47.9. The van der Waals surface area contributed by atoms with Gasteiger partial charge in [0.25, 0.3) is 0 Å². The molecule has 300 valence electrons. The van der Waals surface area contributed by atoms with Gasteiger partial charge in [-0.05, 0) is 51.4 Å². The Morgan fingerprint density at radius 2 is 1.23 bits per heavy atom. The first-order valence-corrected chi connectivity index (χ1v) is 19.7. The Balaban J connectivity index is 2.48. The van der Waals surface area contributed by atoms with Crippen LogP contribution in [0.15, 0.2) is 85.1 Å². The lowest BCUT2D eigenvalue weighted by Crippen LogP contribution is -2.59. The van der Waals surface area contributed by atoms with Gasteiger partial charge in [-0.2, -0.15) is 0 Å². The molecule has 1 saturated heterocycles. The molecule has 0 saturated carbocycles. The summed E-state index contributed by atoms with van der Waals surface area (Å²) >= 11 is 0. The van der Waals surface area contributed by atoms with Crippen LogP contribution in [-0.2, 0) is 28.5 Å². The van der Waals surface area contributed by atoms with Gasteiger partial charge in [-0.1, -0.05) is 137 Å². The molecule has 4 N–H and O–H groups in total. The van der Waals surface area contributed by atoms with E-state index in [-0.39, 0.29) is 26.1 Å². The van der Waals surface area contributed by atoms with E-state index in [4.69, 9.17) is 18.9 Å². The Kier molecular flexibility index (Phi) is 30.2. The van der Waals surface area contributed by atoms with E-state index in [0.29, 0.717) is 12.8 Å². The lowest BCUT2D eigenvalue weighted by Gasteiger charge is -2.39. The fourth-order valence-corrected chi connectivity index (χ4v) is 5.26. The smallest absolute Gasteiger partial charge is 0.306 e. The number of allylic oxidation sites excluding steroid dienone is 14. The first-order chi connectivity index (χ1) is 25.8. The SMILES string of the molecule is CC/C=C/C=C/C=C/C=C/C=C/CCCCCC(=O)OCC(CO[C@H]1O[C@@H](CO)[C@@H](O)C(O)C1O)OC(=O)CC/C=C/C/C=C/CCCCCCCC. The molecule has 1 aliphatic heterocycles. The highest BCUT2D eigenvalue weighted by atomic mass is 16.7. The topological polar surface area (TPSA) is 152 Å². The van der Waals surface area contributed by atoms with Crippen LogP contribution in [0.5, 0.6) is 0 Å². The molecule has 3 unspecified atom stereocenters. The molecule has 1 heterocycles. The molecular formula is C43H68O10. The van der Waals surface area contributed by atoms with Crippen molar-refractivity contribution in [2.45, 2.75) is 153 Å². The van der Waals surface area contributed by atoms with Gasteiger partial charge >= 0.3 is 11.9 Å². The highest BCUT2D eigenvalue weighted by Gasteiger charge is 2.44. The summed E-state index contributed by atoms with van der Waals surface area (Å²) in [5.41, 5.74) is 0. The van der Waals surface area contributed by atoms with E-state index in [0.717, 1.165) is 38.5 Å². The molecule has 10 heteroatoms. The predicted molar refractivity (Wildman–Crippen MR) is 210 cm³/mol. The summed E-state index contributed by atoms with van der Waals surface area (Å²) in [6, 6.07) is 0. The van der Waals surface area contributed by atoms with E-state index in [1.807, 2.05) is 60.8 Å². The average Bonchev–Trinajstić information content (AvgIpc) is 3.15. The molecule has 0 amide bonds. The second-order valence-corrected chi connectivity index (χ2v) is 13.1. The summed E-state index contributed by atoms with van der Waals surface area (Å²) in [5.74, 6) is -0.946. The molecule has 0 aliphatic carbocycles. The Bertz CT molecular complexity index is 1140. The van der Waals surface area contributed by atoms with Crippen LogP contribution < -0.4 is 0 Å². The molecule has 0 bridgehead atoms. The van der Waals surface area contributed by atoms with Gasteiger partial charge in [-0.3, -0.25) is 9.59 Å². The zero-order valence-corrected chi connectivity index (χ0v) is 32.2. The molecule has 6 atom stereocenters. The van der Waals surface area contributed by atoms with Crippen LogP contribution in [0, 0.1) is 0 Å². The highest BCUT2D eigenvalue weighted by Crippen LogP contribution is 2.22. The normalized spacial score (nSPS) is 21.8. The molecule has 0 aromatic heterocycles.